The van der Waals surface area contributed by atoms with Crippen LogP contribution in [0.25, 0.3) is 54.6 Å². The lowest BCUT2D eigenvalue weighted by Gasteiger charge is -2.31. The number of nitrogens with zero attached hydrogens (tertiary/aromatic N) is 1. The predicted molar refractivity (Wildman–Crippen MR) is 257 cm³/mol. The second kappa shape index (κ2) is 15.1. The highest BCUT2D eigenvalue weighted by molar-refractivity contribution is 6.36. The Kier molecular flexibility index (Phi) is 9.78. The van der Waals surface area contributed by atoms with Crippen molar-refractivity contribution in [2.75, 3.05) is 10.2 Å². The Bertz CT molecular complexity index is 2930. The molecule has 9 rings (SSSR count). The summed E-state index contributed by atoms with van der Waals surface area (Å²) in [5.41, 5.74) is 12.0. The fraction of sp³-hybridized carbons (Fsp3) is 0.143. The molecule has 0 unspecified atom stereocenters. The van der Waals surface area contributed by atoms with Crippen LogP contribution in [0.15, 0.2) is 182 Å². The van der Waals surface area contributed by atoms with Crippen LogP contribution in [-0.2, 0) is 10.8 Å². The van der Waals surface area contributed by atoms with E-state index < -0.39 is 0 Å². The van der Waals surface area contributed by atoms with Gasteiger partial charge in [-0.3, -0.25) is 0 Å². The second-order valence-corrected chi connectivity index (χ2v) is 18.1. The molecule has 1 N–H and O–H groups in total. The van der Waals surface area contributed by atoms with Crippen molar-refractivity contribution in [3.63, 3.8) is 0 Å². The fourth-order valence-corrected chi connectivity index (χ4v) is 8.60. The number of rotatable bonds is 7. The summed E-state index contributed by atoms with van der Waals surface area (Å²) < 4.78 is 0. The first kappa shape index (κ1) is 38.2. The van der Waals surface area contributed by atoms with Gasteiger partial charge in [-0.25, -0.2) is 0 Å². The molecule has 0 fully saturated rings. The van der Waals surface area contributed by atoms with E-state index in [2.05, 4.69) is 209 Å². The van der Waals surface area contributed by atoms with E-state index in [-0.39, 0.29) is 10.8 Å². The zero-order valence-electron chi connectivity index (χ0n) is 34.6. The van der Waals surface area contributed by atoms with Crippen molar-refractivity contribution in [3.8, 4) is 22.3 Å². The highest BCUT2D eigenvalue weighted by atomic mass is 35.5. The van der Waals surface area contributed by atoms with E-state index in [1.807, 2.05) is 24.3 Å². The molecule has 2 nitrogen and oxygen atoms in total. The molecule has 9 aromatic carbocycles. The number of nitrogens with one attached hydrogen (secondary N) is 1. The summed E-state index contributed by atoms with van der Waals surface area (Å²) in [7, 11) is 0. The zero-order chi connectivity index (χ0) is 40.9. The molecule has 0 aromatic heterocycles. The highest BCUT2D eigenvalue weighted by Crippen LogP contribution is 2.48. The van der Waals surface area contributed by atoms with E-state index in [9.17, 15) is 0 Å². The third-order valence-electron chi connectivity index (χ3n) is 11.6. The Balaban J connectivity index is 1.26. The van der Waals surface area contributed by atoms with Crippen molar-refractivity contribution in [1.82, 2.24) is 0 Å². The molecule has 0 saturated carbocycles. The van der Waals surface area contributed by atoms with E-state index in [1.54, 1.807) is 0 Å². The monoisotopic (exact) mass is 784 g/mol. The number of anilines is 5. The van der Waals surface area contributed by atoms with Crippen LogP contribution in [0.4, 0.5) is 28.4 Å². The molecule has 0 aliphatic rings. The molecular weight excluding hydrogens is 736 g/mol. The summed E-state index contributed by atoms with van der Waals surface area (Å²) in [4.78, 5) is 2.33. The largest absolute Gasteiger partial charge is 0.354 e. The topological polar surface area (TPSA) is 15.3 Å². The minimum Gasteiger partial charge on any atom is -0.354 e. The normalized spacial score (nSPS) is 12.0. The smallest absolute Gasteiger partial charge is 0.0881 e. The molecule has 0 aliphatic heterocycles. The maximum atomic E-state index is 7.53. The number of benzene rings is 9. The van der Waals surface area contributed by atoms with E-state index in [4.69, 9.17) is 11.6 Å². The van der Waals surface area contributed by atoms with Crippen molar-refractivity contribution < 1.29 is 0 Å². The Labute approximate surface area is 353 Å². The molecule has 9 aromatic rings. The van der Waals surface area contributed by atoms with Crippen molar-refractivity contribution in [1.29, 1.82) is 0 Å². The third-order valence-corrected chi connectivity index (χ3v) is 12.0. The number of hydrogen-bond acceptors (Lipinski definition) is 2. The molecule has 0 aliphatic carbocycles. The van der Waals surface area contributed by atoms with Crippen molar-refractivity contribution in [2.45, 2.75) is 52.4 Å². The van der Waals surface area contributed by atoms with Gasteiger partial charge in [0.1, 0.15) is 0 Å². The molecule has 0 atom stereocenters. The maximum absolute atomic E-state index is 7.53. The van der Waals surface area contributed by atoms with Crippen LogP contribution in [0.5, 0.6) is 0 Å². The lowest BCUT2D eigenvalue weighted by Crippen LogP contribution is -2.15. The van der Waals surface area contributed by atoms with E-state index >= 15 is 0 Å². The van der Waals surface area contributed by atoms with Crippen molar-refractivity contribution in [3.05, 3.63) is 198 Å². The standard InChI is InChI=1S/C56H49ClN2/c1-55(2,3)40-28-23-37(24-29-40)38-25-31-43(32-26-38)59(53-22-14-21-51(54(53)57)58-42-15-8-7-9-16-42)52-34-30-41(56(4,5)6)36-49(52)39-27-33-48-46-19-11-10-17-44(46)45-18-12-13-20-47(45)50(48)35-39/h7-36,58H,1-6H3. The Morgan fingerprint density at radius 2 is 0.915 bits per heavy atom. The lowest BCUT2D eigenvalue weighted by molar-refractivity contribution is 0.590. The molecule has 0 saturated heterocycles. The summed E-state index contributed by atoms with van der Waals surface area (Å²) >= 11 is 7.53. The van der Waals surface area contributed by atoms with E-state index in [0.717, 1.165) is 45.1 Å². The van der Waals surface area contributed by atoms with Gasteiger partial charge in [-0.1, -0.05) is 181 Å². The summed E-state index contributed by atoms with van der Waals surface area (Å²) in [6.45, 7) is 13.6. The zero-order valence-corrected chi connectivity index (χ0v) is 35.4. The summed E-state index contributed by atoms with van der Waals surface area (Å²) in [6, 6.07) is 65.9. The van der Waals surface area contributed by atoms with Gasteiger partial charge in [-0.05, 0) is 126 Å². The molecule has 0 bridgehead atoms. The highest BCUT2D eigenvalue weighted by Gasteiger charge is 2.24. The van der Waals surface area contributed by atoms with Gasteiger partial charge in [0.2, 0.25) is 0 Å². The van der Waals surface area contributed by atoms with Gasteiger partial charge in [-0.2, -0.15) is 0 Å². The first-order valence-electron chi connectivity index (χ1n) is 20.5. The third kappa shape index (κ3) is 7.35. The van der Waals surface area contributed by atoms with Crippen molar-refractivity contribution in [2.24, 2.45) is 0 Å². The molecule has 0 spiro atoms. The Morgan fingerprint density at radius 3 is 1.51 bits per heavy atom. The van der Waals surface area contributed by atoms with Crippen LogP contribution in [0.3, 0.4) is 0 Å². The lowest BCUT2D eigenvalue weighted by atomic mass is 9.84. The molecule has 0 radical (unpaired) electrons. The average molecular weight is 785 g/mol. The van der Waals surface area contributed by atoms with Crippen molar-refractivity contribution >= 4 is 72.4 Å². The number of halogens is 1. The molecule has 290 valence electrons. The van der Waals surface area contributed by atoms with Gasteiger partial charge in [0.25, 0.3) is 0 Å². The molecule has 0 heterocycles. The quantitative estimate of drug-likeness (QED) is 0.162. The van der Waals surface area contributed by atoms with E-state index in [1.165, 1.54) is 49.0 Å². The van der Waals surface area contributed by atoms with Gasteiger partial charge < -0.3 is 10.2 Å². The molecule has 0 amide bonds. The number of para-hydroxylation sites is 1. The van der Waals surface area contributed by atoms with Gasteiger partial charge in [-0.15, -0.1) is 0 Å². The summed E-state index contributed by atoms with van der Waals surface area (Å²) in [6.07, 6.45) is 0. The SMILES string of the molecule is CC(C)(C)c1ccc(-c2ccc(N(c3ccc(C(C)(C)C)cc3-c3ccc4c5ccccc5c5ccccc5c4c3)c3cccc(Nc4ccccc4)c3Cl)cc2)cc1. The minimum atomic E-state index is -0.0702. The van der Waals surface area contributed by atoms with Gasteiger partial charge in [0, 0.05) is 16.9 Å². The Hall–Kier alpha value is -6.35. The van der Waals surface area contributed by atoms with Gasteiger partial charge >= 0.3 is 0 Å². The average Bonchev–Trinajstić information content (AvgIpc) is 3.25. The fourth-order valence-electron chi connectivity index (χ4n) is 8.34. The first-order valence-corrected chi connectivity index (χ1v) is 20.9. The molecule has 3 heteroatoms. The van der Waals surface area contributed by atoms with Crippen LogP contribution in [-0.4, -0.2) is 0 Å². The molecular formula is C56H49ClN2. The number of fused-ring (bicyclic) bond motifs is 6. The molecule has 59 heavy (non-hydrogen) atoms. The van der Waals surface area contributed by atoms with Crippen LogP contribution >= 0.6 is 11.6 Å². The van der Waals surface area contributed by atoms with Gasteiger partial charge in [0.05, 0.1) is 22.1 Å². The predicted octanol–water partition coefficient (Wildman–Crippen LogP) is 16.9. The maximum Gasteiger partial charge on any atom is 0.0881 e. The second-order valence-electron chi connectivity index (χ2n) is 17.7. The number of hydrogen-bond donors (Lipinski definition) is 1. The van der Waals surface area contributed by atoms with Crippen LogP contribution < -0.4 is 10.2 Å². The van der Waals surface area contributed by atoms with Crippen LogP contribution in [0.1, 0.15) is 52.7 Å². The minimum absolute atomic E-state index is 0.0702. The van der Waals surface area contributed by atoms with Crippen LogP contribution in [0.2, 0.25) is 5.02 Å². The van der Waals surface area contributed by atoms with Crippen LogP contribution in [0, 0.1) is 0 Å². The van der Waals surface area contributed by atoms with E-state index in [0.29, 0.717) is 5.02 Å². The van der Waals surface area contributed by atoms with Gasteiger partial charge in [0.15, 0.2) is 0 Å². The first-order chi connectivity index (χ1) is 28.4. The Morgan fingerprint density at radius 1 is 0.407 bits per heavy atom. The summed E-state index contributed by atoms with van der Waals surface area (Å²) in [5.74, 6) is 0. The summed E-state index contributed by atoms with van der Waals surface area (Å²) in [5, 5.41) is 11.8.